The molecule has 4 rings (SSSR count). The van der Waals surface area contributed by atoms with Crippen LogP contribution in [0.5, 0.6) is 0 Å². The van der Waals surface area contributed by atoms with Gasteiger partial charge < -0.3 is 16.0 Å². The summed E-state index contributed by atoms with van der Waals surface area (Å²) in [6.45, 7) is 7.71. The maximum absolute atomic E-state index is 13.1. The van der Waals surface area contributed by atoms with E-state index in [0.29, 0.717) is 17.4 Å². The van der Waals surface area contributed by atoms with E-state index >= 15 is 0 Å². The molecule has 3 fully saturated rings. The number of carbonyl (C=O) groups is 3. The van der Waals surface area contributed by atoms with Crippen LogP contribution in [0.4, 0.5) is 11.4 Å². The van der Waals surface area contributed by atoms with Crippen molar-refractivity contribution in [3.8, 4) is 0 Å². The third kappa shape index (κ3) is 4.83. The van der Waals surface area contributed by atoms with Crippen LogP contribution in [0, 0.1) is 40.7 Å². The molecular formula is C22H30N6O5. The lowest BCUT2D eigenvalue weighted by Crippen LogP contribution is -2.75. The van der Waals surface area contributed by atoms with E-state index in [-0.39, 0.29) is 29.6 Å². The predicted octanol–water partition coefficient (Wildman–Crippen LogP) is 0.901. The molecule has 0 aliphatic carbocycles. The summed E-state index contributed by atoms with van der Waals surface area (Å²) in [6.07, 6.45) is -0.123. The first-order valence-corrected chi connectivity index (χ1v) is 11.3. The highest BCUT2D eigenvalue weighted by molar-refractivity contribution is 6.00. The number of nitrogens with zero attached hydrogens (tertiary/aromatic N) is 2. The van der Waals surface area contributed by atoms with E-state index in [1.165, 1.54) is 12.1 Å². The van der Waals surface area contributed by atoms with E-state index in [0.717, 1.165) is 19.5 Å². The van der Waals surface area contributed by atoms with Crippen molar-refractivity contribution in [3.63, 3.8) is 0 Å². The molecule has 11 heteroatoms. The van der Waals surface area contributed by atoms with Crippen LogP contribution >= 0.6 is 0 Å². The standard InChI is InChI=1S/C22H30N6O5/c1-11-6-12(2)10-27(9-11)22-25-19-18(21(31)26-22)15(8-17(29)24-19)20(30)23-16-7-14(28(32)33)5-4-13(16)3/h4-5,7,11-12,15,18-19,22,25H,6,8-10H2,1-3H3,(H,23,30)(H,24,29)(H,26,31). The lowest BCUT2D eigenvalue weighted by atomic mass is 9.80. The average molecular weight is 459 g/mol. The summed E-state index contributed by atoms with van der Waals surface area (Å²) in [7, 11) is 0. The number of rotatable bonds is 4. The first-order valence-electron chi connectivity index (χ1n) is 11.3. The van der Waals surface area contributed by atoms with Crippen LogP contribution in [0.15, 0.2) is 18.2 Å². The van der Waals surface area contributed by atoms with Gasteiger partial charge in [-0.2, -0.15) is 0 Å². The van der Waals surface area contributed by atoms with Crippen molar-refractivity contribution in [2.45, 2.75) is 46.1 Å². The van der Waals surface area contributed by atoms with Gasteiger partial charge in [0.05, 0.1) is 28.6 Å². The van der Waals surface area contributed by atoms with Gasteiger partial charge in [-0.1, -0.05) is 19.9 Å². The Labute approximate surface area is 191 Å². The molecule has 6 atom stereocenters. The number of anilines is 1. The summed E-state index contributed by atoms with van der Waals surface area (Å²) in [5.41, 5.74) is 0.778. The zero-order chi connectivity index (χ0) is 23.9. The number of nitro groups is 1. The molecular weight excluding hydrogens is 428 g/mol. The molecule has 178 valence electrons. The van der Waals surface area contributed by atoms with Gasteiger partial charge in [0.2, 0.25) is 17.7 Å². The number of non-ortho nitro benzene ring substituents is 1. The van der Waals surface area contributed by atoms with E-state index in [1.54, 1.807) is 13.0 Å². The van der Waals surface area contributed by atoms with Gasteiger partial charge >= 0.3 is 0 Å². The first-order chi connectivity index (χ1) is 15.6. The van der Waals surface area contributed by atoms with Crippen molar-refractivity contribution >= 4 is 29.1 Å². The molecule has 0 radical (unpaired) electrons. The lowest BCUT2D eigenvalue weighted by Gasteiger charge is -2.48. The number of hydrogen-bond donors (Lipinski definition) is 4. The van der Waals surface area contributed by atoms with Crippen molar-refractivity contribution in [1.82, 2.24) is 20.9 Å². The number of benzene rings is 1. The lowest BCUT2D eigenvalue weighted by molar-refractivity contribution is -0.384. The van der Waals surface area contributed by atoms with Crippen LogP contribution < -0.4 is 21.3 Å². The van der Waals surface area contributed by atoms with Crippen molar-refractivity contribution in [2.75, 3.05) is 18.4 Å². The van der Waals surface area contributed by atoms with Crippen molar-refractivity contribution in [1.29, 1.82) is 0 Å². The summed E-state index contributed by atoms with van der Waals surface area (Å²) < 4.78 is 0. The molecule has 11 nitrogen and oxygen atoms in total. The van der Waals surface area contributed by atoms with Gasteiger partial charge in [-0.25, -0.2) is 0 Å². The second kappa shape index (κ2) is 9.06. The van der Waals surface area contributed by atoms with Crippen LogP contribution in [0.1, 0.15) is 32.3 Å². The van der Waals surface area contributed by atoms with Gasteiger partial charge in [-0.15, -0.1) is 0 Å². The van der Waals surface area contributed by atoms with E-state index in [4.69, 9.17) is 0 Å². The molecule has 0 aromatic heterocycles. The minimum Gasteiger partial charge on any atom is -0.340 e. The molecule has 4 N–H and O–H groups in total. The largest absolute Gasteiger partial charge is 0.340 e. The summed E-state index contributed by atoms with van der Waals surface area (Å²) in [5, 5.41) is 22.9. The summed E-state index contributed by atoms with van der Waals surface area (Å²) in [5.74, 6) is -1.86. The molecule has 3 heterocycles. The van der Waals surface area contributed by atoms with E-state index in [1.807, 2.05) is 0 Å². The molecule has 33 heavy (non-hydrogen) atoms. The Morgan fingerprint density at radius 1 is 1.18 bits per heavy atom. The second-order valence-corrected chi connectivity index (χ2v) is 9.60. The number of nitrogens with one attached hydrogen (secondary N) is 4. The number of piperidine rings is 2. The number of fused-ring (bicyclic) bond motifs is 1. The quantitative estimate of drug-likeness (QED) is 0.387. The summed E-state index contributed by atoms with van der Waals surface area (Å²) >= 11 is 0. The fraction of sp³-hybridized carbons (Fsp3) is 0.591. The third-order valence-electron chi connectivity index (χ3n) is 6.72. The molecule has 0 bridgehead atoms. The van der Waals surface area contributed by atoms with Gasteiger partial charge in [0, 0.05) is 31.6 Å². The molecule has 1 aromatic rings. The smallest absolute Gasteiger partial charge is 0.271 e. The zero-order valence-corrected chi connectivity index (χ0v) is 19.0. The number of amides is 3. The highest BCUT2D eigenvalue weighted by atomic mass is 16.6. The highest BCUT2D eigenvalue weighted by Crippen LogP contribution is 2.31. The predicted molar refractivity (Wildman–Crippen MR) is 120 cm³/mol. The Hall–Kier alpha value is -3.05. The monoisotopic (exact) mass is 458 g/mol. The topological polar surface area (TPSA) is 146 Å². The molecule has 6 unspecified atom stereocenters. The fourth-order valence-corrected chi connectivity index (χ4v) is 5.26. The SMILES string of the molecule is Cc1ccc([N+](=O)[O-])cc1NC(=O)C1CC(=O)NC2NC(N3CC(C)CC(C)C3)NC(=O)C21. The molecule has 3 saturated heterocycles. The Morgan fingerprint density at radius 3 is 2.55 bits per heavy atom. The normalized spacial score (nSPS) is 32.3. The van der Waals surface area contributed by atoms with Gasteiger partial charge in [-0.3, -0.25) is 34.7 Å². The molecule has 0 saturated carbocycles. The Bertz CT molecular complexity index is 974. The summed E-state index contributed by atoms with van der Waals surface area (Å²) in [6, 6.07) is 4.18. The van der Waals surface area contributed by atoms with Gasteiger partial charge in [-0.05, 0) is 30.7 Å². The molecule has 0 spiro atoms. The third-order valence-corrected chi connectivity index (χ3v) is 6.72. The van der Waals surface area contributed by atoms with E-state index in [9.17, 15) is 24.5 Å². The minimum atomic E-state index is -0.907. The number of aryl methyl sites for hydroxylation is 1. The van der Waals surface area contributed by atoms with Crippen LogP contribution in [0.2, 0.25) is 0 Å². The molecule has 3 amide bonds. The van der Waals surface area contributed by atoms with E-state index < -0.39 is 35.1 Å². The van der Waals surface area contributed by atoms with Crippen molar-refractivity contribution in [2.24, 2.45) is 23.7 Å². The van der Waals surface area contributed by atoms with Crippen molar-refractivity contribution < 1.29 is 19.3 Å². The van der Waals surface area contributed by atoms with Crippen LogP contribution in [0.25, 0.3) is 0 Å². The number of nitro benzene ring substituents is 1. The highest BCUT2D eigenvalue weighted by Gasteiger charge is 2.49. The van der Waals surface area contributed by atoms with Crippen molar-refractivity contribution in [3.05, 3.63) is 33.9 Å². The maximum atomic E-state index is 13.1. The first kappa shape index (κ1) is 23.1. The number of likely N-dealkylation sites (tertiary alicyclic amines) is 1. The zero-order valence-electron chi connectivity index (χ0n) is 19.0. The molecule has 1 aromatic carbocycles. The Balaban J connectivity index is 1.51. The van der Waals surface area contributed by atoms with Gasteiger partial charge in [0.25, 0.3) is 5.69 Å². The van der Waals surface area contributed by atoms with E-state index in [2.05, 4.69) is 40.0 Å². The van der Waals surface area contributed by atoms with Gasteiger partial charge in [0.1, 0.15) is 6.29 Å². The van der Waals surface area contributed by atoms with Gasteiger partial charge in [0.15, 0.2) is 0 Å². The Kier molecular flexibility index (Phi) is 6.35. The fourth-order valence-electron chi connectivity index (χ4n) is 5.26. The average Bonchev–Trinajstić information content (AvgIpc) is 2.73. The van der Waals surface area contributed by atoms with Crippen LogP contribution in [-0.2, 0) is 14.4 Å². The number of hydrogen-bond acceptors (Lipinski definition) is 7. The molecule has 3 aliphatic rings. The maximum Gasteiger partial charge on any atom is 0.271 e. The second-order valence-electron chi connectivity index (χ2n) is 9.60. The Morgan fingerprint density at radius 2 is 1.88 bits per heavy atom. The van der Waals surface area contributed by atoms with Crippen LogP contribution in [-0.4, -0.2) is 53.1 Å². The molecule has 3 aliphatic heterocycles. The van der Waals surface area contributed by atoms with Crippen LogP contribution in [0.3, 0.4) is 0 Å². The minimum absolute atomic E-state index is 0.140. The summed E-state index contributed by atoms with van der Waals surface area (Å²) in [4.78, 5) is 51.4. The number of carbonyl (C=O) groups excluding carboxylic acids is 3.